The second kappa shape index (κ2) is 11.0. The average Bonchev–Trinajstić information content (AvgIpc) is 2.85. The first-order valence-electron chi connectivity index (χ1n) is 10.9. The molecule has 0 spiro atoms. The van der Waals surface area contributed by atoms with E-state index < -0.39 is 0 Å². The second-order valence-corrected chi connectivity index (χ2v) is 7.92. The van der Waals surface area contributed by atoms with Gasteiger partial charge < -0.3 is 4.74 Å². The average molecular weight is 436 g/mol. The summed E-state index contributed by atoms with van der Waals surface area (Å²) in [6, 6.07) is 29.1. The summed E-state index contributed by atoms with van der Waals surface area (Å²) in [5.41, 5.74) is 5.02. The van der Waals surface area contributed by atoms with E-state index in [0.29, 0.717) is 25.0 Å². The van der Waals surface area contributed by atoms with Crippen LogP contribution in [0.5, 0.6) is 5.75 Å². The van der Waals surface area contributed by atoms with Gasteiger partial charge in [0, 0.05) is 31.7 Å². The van der Waals surface area contributed by atoms with Gasteiger partial charge in [-0.1, -0.05) is 66.7 Å². The molecule has 0 bridgehead atoms. The molecule has 0 aliphatic heterocycles. The van der Waals surface area contributed by atoms with Gasteiger partial charge in [-0.2, -0.15) is 0 Å². The predicted octanol–water partition coefficient (Wildman–Crippen LogP) is 5.29. The zero-order valence-electron chi connectivity index (χ0n) is 18.3. The van der Waals surface area contributed by atoms with Crippen molar-refractivity contribution in [3.05, 3.63) is 120 Å². The lowest BCUT2D eigenvalue weighted by Gasteiger charge is -2.10. The maximum atomic E-state index is 12.6. The Morgan fingerprint density at radius 2 is 1.27 bits per heavy atom. The van der Waals surface area contributed by atoms with Gasteiger partial charge in [0.15, 0.2) is 5.78 Å². The number of hydrogen-bond acceptors (Lipinski definition) is 4. The van der Waals surface area contributed by atoms with Gasteiger partial charge in [-0.3, -0.25) is 14.6 Å². The number of rotatable bonds is 10. The summed E-state index contributed by atoms with van der Waals surface area (Å²) < 4.78 is 5.70. The Morgan fingerprint density at radius 3 is 2.00 bits per heavy atom. The molecule has 4 aromatic rings. The Bertz CT molecular complexity index is 1200. The van der Waals surface area contributed by atoms with E-state index in [9.17, 15) is 9.59 Å². The van der Waals surface area contributed by atoms with E-state index >= 15 is 0 Å². The van der Waals surface area contributed by atoms with Gasteiger partial charge in [-0.25, -0.2) is 0 Å². The highest BCUT2D eigenvalue weighted by Gasteiger charge is 2.11. The summed E-state index contributed by atoms with van der Waals surface area (Å²) in [7, 11) is 0. The largest absolute Gasteiger partial charge is 0.486 e. The molecule has 0 aliphatic rings. The maximum absolute atomic E-state index is 12.6. The van der Waals surface area contributed by atoms with Crippen LogP contribution in [0.2, 0.25) is 0 Å². The van der Waals surface area contributed by atoms with Crippen LogP contribution in [0.15, 0.2) is 103 Å². The number of carbonyl (C=O) groups is 2. The molecule has 1 heterocycles. The first kappa shape index (κ1) is 22.2. The van der Waals surface area contributed by atoms with Crippen LogP contribution in [-0.2, 0) is 28.9 Å². The Kier molecular flexibility index (Phi) is 7.39. The van der Waals surface area contributed by atoms with Crippen LogP contribution >= 0.6 is 0 Å². The van der Waals surface area contributed by atoms with Crippen LogP contribution in [0.4, 0.5) is 0 Å². The third-order valence-corrected chi connectivity index (χ3v) is 5.36. The van der Waals surface area contributed by atoms with Crippen LogP contribution < -0.4 is 4.74 Å². The number of Topliss-reactive ketones (excluding diaryl/α,β-unsaturated/α-hetero) is 2. The highest BCUT2D eigenvalue weighted by molar-refractivity contribution is 5.85. The monoisotopic (exact) mass is 435 g/mol. The van der Waals surface area contributed by atoms with Crippen molar-refractivity contribution in [1.29, 1.82) is 0 Å². The SMILES string of the molecule is O=C(Cc1ccncc1)Cc1ccc(OCC(=O)Cc2ccccc2-c2ccccc2)cc1. The van der Waals surface area contributed by atoms with Crippen molar-refractivity contribution >= 4 is 11.6 Å². The summed E-state index contributed by atoms with van der Waals surface area (Å²) in [6.45, 7) is 0.00342. The minimum absolute atomic E-state index is 0.00342. The van der Waals surface area contributed by atoms with Gasteiger partial charge in [0.2, 0.25) is 0 Å². The lowest BCUT2D eigenvalue weighted by atomic mass is 9.96. The van der Waals surface area contributed by atoms with Gasteiger partial charge in [0.25, 0.3) is 0 Å². The van der Waals surface area contributed by atoms with Crippen LogP contribution in [0, 0.1) is 0 Å². The van der Waals surface area contributed by atoms with Crippen LogP contribution in [0.1, 0.15) is 16.7 Å². The highest BCUT2D eigenvalue weighted by Crippen LogP contribution is 2.24. The van der Waals surface area contributed by atoms with E-state index in [-0.39, 0.29) is 18.2 Å². The summed E-state index contributed by atoms with van der Waals surface area (Å²) in [4.78, 5) is 28.8. The number of benzene rings is 3. The van der Waals surface area contributed by atoms with Crippen LogP contribution in [-0.4, -0.2) is 23.2 Å². The van der Waals surface area contributed by atoms with E-state index in [4.69, 9.17) is 4.74 Å². The third-order valence-electron chi connectivity index (χ3n) is 5.36. The zero-order chi connectivity index (χ0) is 22.9. The molecule has 0 amide bonds. The quantitative estimate of drug-likeness (QED) is 0.339. The molecular weight excluding hydrogens is 410 g/mol. The minimum atomic E-state index is 0.00342. The van der Waals surface area contributed by atoms with E-state index in [1.54, 1.807) is 24.5 Å². The summed E-state index contributed by atoms with van der Waals surface area (Å²) in [5, 5.41) is 0. The minimum Gasteiger partial charge on any atom is -0.486 e. The number of hydrogen-bond donors (Lipinski definition) is 0. The third kappa shape index (κ3) is 6.47. The first-order chi connectivity index (χ1) is 16.2. The topological polar surface area (TPSA) is 56.3 Å². The molecule has 0 atom stereocenters. The van der Waals surface area contributed by atoms with Crippen molar-refractivity contribution in [2.45, 2.75) is 19.3 Å². The molecule has 0 radical (unpaired) electrons. The molecule has 4 heteroatoms. The summed E-state index contributed by atoms with van der Waals surface area (Å²) in [6.07, 6.45) is 4.44. The fourth-order valence-corrected chi connectivity index (χ4v) is 3.72. The molecule has 1 aromatic heterocycles. The molecule has 0 saturated heterocycles. The number of aromatic nitrogens is 1. The number of pyridine rings is 1. The van der Waals surface area contributed by atoms with Crippen molar-refractivity contribution in [2.24, 2.45) is 0 Å². The molecule has 0 N–H and O–H groups in total. The molecular formula is C29H25NO3. The van der Waals surface area contributed by atoms with Gasteiger partial charge in [0.1, 0.15) is 18.1 Å². The Hall–Kier alpha value is -4.05. The molecule has 164 valence electrons. The molecule has 0 unspecified atom stereocenters. The fourth-order valence-electron chi connectivity index (χ4n) is 3.72. The molecule has 3 aromatic carbocycles. The number of nitrogens with zero attached hydrogens (tertiary/aromatic N) is 1. The summed E-state index contributed by atoms with van der Waals surface area (Å²) >= 11 is 0. The van der Waals surface area contributed by atoms with E-state index in [1.165, 1.54) is 0 Å². The van der Waals surface area contributed by atoms with Gasteiger partial charge in [0.05, 0.1) is 0 Å². The van der Waals surface area contributed by atoms with Crippen molar-refractivity contribution in [1.82, 2.24) is 4.98 Å². The van der Waals surface area contributed by atoms with Crippen LogP contribution in [0.25, 0.3) is 11.1 Å². The van der Waals surface area contributed by atoms with Gasteiger partial charge in [-0.05, 0) is 52.1 Å². The molecule has 0 saturated carbocycles. The highest BCUT2D eigenvalue weighted by atomic mass is 16.5. The molecule has 0 aliphatic carbocycles. The molecule has 4 rings (SSSR count). The van der Waals surface area contributed by atoms with Crippen molar-refractivity contribution in [2.75, 3.05) is 6.61 Å². The van der Waals surface area contributed by atoms with E-state index in [2.05, 4.69) is 4.98 Å². The Balaban J connectivity index is 1.29. The van der Waals surface area contributed by atoms with Gasteiger partial charge >= 0.3 is 0 Å². The summed E-state index contributed by atoms with van der Waals surface area (Å²) in [5.74, 6) is 0.766. The van der Waals surface area contributed by atoms with Crippen LogP contribution in [0.3, 0.4) is 0 Å². The number of ether oxygens (including phenoxy) is 1. The van der Waals surface area contributed by atoms with Crippen molar-refractivity contribution in [3.63, 3.8) is 0 Å². The number of carbonyl (C=O) groups excluding carboxylic acids is 2. The normalized spacial score (nSPS) is 10.5. The fraction of sp³-hybridized carbons (Fsp3) is 0.138. The van der Waals surface area contributed by atoms with Gasteiger partial charge in [-0.15, -0.1) is 0 Å². The Labute approximate surface area is 193 Å². The molecule has 33 heavy (non-hydrogen) atoms. The standard InChI is InChI=1S/C29H25NO3/c31-26(19-23-14-16-30-17-15-23)18-22-10-12-28(13-11-22)33-21-27(32)20-25-8-4-5-9-29(25)24-6-2-1-3-7-24/h1-17H,18-21H2. The lowest BCUT2D eigenvalue weighted by Crippen LogP contribution is -2.14. The Morgan fingerprint density at radius 1 is 0.636 bits per heavy atom. The molecule has 4 nitrogen and oxygen atoms in total. The second-order valence-electron chi connectivity index (χ2n) is 7.92. The van der Waals surface area contributed by atoms with E-state index in [0.717, 1.165) is 27.8 Å². The predicted molar refractivity (Wildman–Crippen MR) is 129 cm³/mol. The number of ketones is 2. The van der Waals surface area contributed by atoms with Crippen molar-refractivity contribution < 1.29 is 14.3 Å². The molecule has 0 fully saturated rings. The zero-order valence-corrected chi connectivity index (χ0v) is 18.3. The first-order valence-corrected chi connectivity index (χ1v) is 10.9. The van der Waals surface area contributed by atoms with E-state index in [1.807, 2.05) is 78.9 Å². The maximum Gasteiger partial charge on any atom is 0.174 e. The van der Waals surface area contributed by atoms with Crippen molar-refractivity contribution in [3.8, 4) is 16.9 Å². The smallest absolute Gasteiger partial charge is 0.174 e. The lowest BCUT2D eigenvalue weighted by molar-refractivity contribution is -0.120.